The van der Waals surface area contributed by atoms with Gasteiger partial charge in [0.25, 0.3) is 0 Å². The first-order chi connectivity index (χ1) is 16.2. The molecule has 0 aliphatic carbocycles. The van der Waals surface area contributed by atoms with Crippen molar-refractivity contribution in [2.45, 2.75) is 155 Å². The van der Waals surface area contributed by atoms with Crippen molar-refractivity contribution in [3.05, 3.63) is 24.3 Å². The van der Waals surface area contributed by atoms with Crippen LogP contribution in [0.1, 0.15) is 155 Å². The van der Waals surface area contributed by atoms with Crippen LogP contribution in [0.25, 0.3) is 0 Å². The maximum atomic E-state index is 2.41. The van der Waals surface area contributed by atoms with Crippen molar-refractivity contribution in [2.75, 3.05) is 20.6 Å². The largest absolute Gasteiger partial charge is 0.309 e. The monoisotopic (exact) mass is 461 g/mol. The first-order valence-corrected chi connectivity index (χ1v) is 15.1. The highest BCUT2D eigenvalue weighted by atomic mass is 15.1. The summed E-state index contributed by atoms with van der Waals surface area (Å²) in [5.41, 5.74) is 0. The summed E-state index contributed by atoms with van der Waals surface area (Å²) in [4.78, 5) is 2.41. The van der Waals surface area contributed by atoms with E-state index in [1.54, 1.807) is 0 Å². The lowest BCUT2D eigenvalue weighted by molar-refractivity contribution is 0.286. The van der Waals surface area contributed by atoms with E-state index in [1.807, 2.05) is 0 Å². The predicted molar refractivity (Wildman–Crippen MR) is 153 cm³/mol. The topological polar surface area (TPSA) is 3.24 Å². The van der Waals surface area contributed by atoms with Crippen LogP contribution in [-0.2, 0) is 0 Å². The lowest BCUT2D eigenvalue weighted by atomic mass is 9.93. The molecule has 0 N–H and O–H groups in total. The molecule has 1 atom stereocenters. The van der Waals surface area contributed by atoms with E-state index in [2.05, 4.69) is 57.1 Å². The molecular formula is C32H63N. The number of hydrogen-bond donors (Lipinski definition) is 0. The highest BCUT2D eigenvalue weighted by Gasteiger charge is 2.09. The average Bonchev–Trinajstić information content (AvgIpc) is 2.80. The van der Waals surface area contributed by atoms with Crippen LogP contribution >= 0.6 is 0 Å². The molecule has 196 valence electrons. The Morgan fingerprint density at radius 2 is 0.879 bits per heavy atom. The fraction of sp³-hybridized carbons (Fsp3) is 0.875. The molecule has 0 saturated carbocycles. The van der Waals surface area contributed by atoms with E-state index in [0.29, 0.717) is 0 Å². The molecule has 0 aromatic rings. The smallest absolute Gasteiger partial charge is 0.000356 e. The van der Waals surface area contributed by atoms with Crippen molar-refractivity contribution in [1.82, 2.24) is 4.90 Å². The summed E-state index contributed by atoms with van der Waals surface area (Å²) < 4.78 is 0. The summed E-state index contributed by atoms with van der Waals surface area (Å²) in [6, 6.07) is 0. The van der Waals surface area contributed by atoms with Gasteiger partial charge in [0, 0.05) is 6.54 Å². The molecular weight excluding hydrogens is 398 g/mol. The third-order valence-electron chi connectivity index (χ3n) is 6.90. The summed E-state index contributed by atoms with van der Waals surface area (Å²) in [7, 11) is 4.50. The Hall–Kier alpha value is -0.560. The van der Waals surface area contributed by atoms with Gasteiger partial charge >= 0.3 is 0 Å². The minimum atomic E-state index is 0.925. The fourth-order valence-electron chi connectivity index (χ4n) is 4.83. The summed E-state index contributed by atoms with van der Waals surface area (Å²) >= 11 is 0. The molecule has 0 heterocycles. The van der Waals surface area contributed by atoms with E-state index >= 15 is 0 Å². The molecule has 0 saturated heterocycles. The molecule has 0 fully saturated rings. The van der Waals surface area contributed by atoms with Crippen LogP contribution in [0.4, 0.5) is 0 Å². The van der Waals surface area contributed by atoms with E-state index in [0.717, 1.165) is 12.3 Å². The standard InChI is InChI=1S/C32H63N/c1-5-7-9-11-13-14-15-16-17-18-19-20-21-22-24-26-28-30-32(31-33(3)4)29-27-25-23-12-10-8-6-2/h13-14,16-17,32H,5-12,15,18-31H2,1-4H3/b14-13-,17-16-/t32-/m0/s1. The maximum absolute atomic E-state index is 2.41. The molecule has 0 amide bonds. The molecule has 0 aliphatic heterocycles. The second-order valence-corrected chi connectivity index (χ2v) is 10.8. The Kier molecular flexibility index (Phi) is 27.2. The molecule has 0 unspecified atom stereocenters. The Morgan fingerprint density at radius 1 is 0.485 bits per heavy atom. The van der Waals surface area contributed by atoms with Gasteiger partial charge in [-0.15, -0.1) is 0 Å². The molecule has 0 bridgehead atoms. The number of hydrogen-bond acceptors (Lipinski definition) is 1. The van der Waals surface area contributed by atoms with Gasteiger partial charge in [-0.05, 0) is 65.0 Å². The molecule has 33 heavy (non-hydrogen) atoms. The molecule has 0 aromatic heterocycles. The zero-order valence-corrected chi connectivity index (χ0v) is 23.6. The van der Waals surface area contributed by atoms with Crippen molar-refractivity contribution in [1.29, 1.82) is 0 Å². The molecule has 0 spiro atoms. The second kappa shape index (κ2) is 27.7. The van der Waals surface area contributed by atoms with E-state index in [-0.39, 0.29) is 0 Å². The van der Waals surface area contributed by atoms with Gasteiger partial charge in [-0.3, -0.25) is 0 Å². The number of nitrogens with zero attached hydrogens (tertiary/aromatic N) is 1. The minimum absolute atomic E-state index is 0.925. The van der Waals surface area contributed by atoms with E-state index in [9.17, 15) is 0 Å². The van der Waals surface area contributed by atoms with Crippen LogP contribution in [0.3, 0.4) is 0 Å². The van der Waals surface area contributed by atoms with Crippen LogP contribution in [0.5, 0.6) is 0 Å². The zero-order chi connectivity index (χ0) is 24.2. The maximum Gasteiger partial charge on any atom is 0.000356 e. The fourth-order valence-corrected chi connectivity index (χ4v) is 4.83. The Balaban J connectivity index is 3.54. The predicted octanol–water partition coefficient (Wildman–Crippen LogP) is 10.9. The van der Waals surface area contributed by atoms with Gasteiger partial charge in [-0.25, -0.2) is 0 Å². The highest BCUT2D eigenvalue weighted by molar-refractivity contribution is 4.92. The molecule has 0 radical (unpaired) electrons. The number of allylic oxidation sites excluding steroid dienone is 4. The highest BCUT2D eigenvalue weighted by Crippen LogP contribution is 2.20. The van der Waals surface area contributed by atoms with Crippen LogP contribution in [0.2, 0.25) is 0 Å². The van der Waals surface area contributed by atoms with Crippen LogP contribution < -0.4 is 0 Å². The van der Waals surface area contributed by atoms with E-state index in [4.69, 9.17) is 0 Å². The van der Waals surface area contributed by atoms with Crippen molar-refractivity contribution >= 4 is 0 Å². The Labute approximate surface area is 210 Å². The number of unbranched alkanes of at least 4 members (excludes halogenated alkanes) is 16. The van der Waals surface area contributed by atoms with Gasteiger partial charge in [-0.1, -0.05) is 134 Å². The first kappa shape index (κ1) is 32.4. The second-order valence-electron chi connectivity index (χ2n) is 10.8. The van der Waals surface area contributed by atoms with Crippen molar-refractivity contribution in [3.8, 4) is 0 Å². The van der Waals surface area contributed by atoms with Crippen molar-refractivity contribution in [2.24, 2.45) is 5.92 Å². The third-order valence-corrected chi connectivity index (χ3v) is 6.90. The first-order valence-electron chi connectivity index (χ1n) is 15.1. The molecule has 1 nitrogen and oxygen atoms in total. The normalized spacial score (nSPS) is 13.1. The molecule has 0 aromatic carbocycles. The zero-order valence-electron chi connectivity index (χ0n) is 23.6. The van der Waals surface area contributed by atoms with Crippen LogP contribution in [-0.4, -0.2) is 25.5 Å². The van der Waals surface area contributed by atoms with Crippen LogP contribution in [0, 0.1) is 5.92 Å². The van der Waals surface area contributed by atoms with Crippen molar-refractivity contribution in [3.63, 3.8) is 0 Å². The van der Waals surface area contributed by atoms with Gasteiger partial charge in [-0.2, -0.15) is 0 Å². The SMILES string of the molecule is CCCCC/C=C\C/C=C\CCCCCCCCC[C@H](CCCCCCCCC)CN(C)C. The lowest BCUT2D eigenvalue weighted by Gasteiger charge is -2.21. The lowest BCUT2D eigenvalue weighted by Crippen LogP contribution is -2.21. The molecule has 0 rings (SSSR count). The summed E-state index contributed by atoms with van der Waals surface area (Å²) in [6.45, 7) is 5.87. The van der Waals surface area contributed by atoms with E-state index in [1.165, 1.54) is 141 Å². The van der Waals surface area contributed by atoms with Gasteiger partial charge in [0.15, 0.2) is 0 Å². The summed E-state index contributed by atoms with van der Waals surface area (Å²) in [6.07, 6.45) is 40.1. The van der Waals surface area contributed by atoms with Crippen molar-refractivity contribution < 1.29 is 0 Å². The average molecular weight is 462 g/mol. The molecule has 1 heteroatoms. The summed E-state index contributed by atoms with van der Waals surface area (Å²) in [5.74, 6) is 0.925. The third kappa shape index (κ3) is 27.6. The van der Waals surface area contributed by atoms with Gasteiger partial charge in [0.1, 0.15) is 0 Å². The van der Waals surface area contributed by atoms with Gasteiger partial charge in [0.2, 0.25) is 0 Å². The van der Waals surface area contributed by atoms with Gasteiger partial charge in [0.05, 0.1) is 0 Å². The summed E-state index contributed by atoms with van der Waals surface area (Å²) in [5, 5.41) is 0. The molecule has 0 aliphatic rings. The quantitative estimate of drug-likeness (QED) is 0.0914. The number of rotatable bonds is 26. The Bertz CT molecular complexity index is 409. The Morgan fingerprint density at radius 3 is 1.36 bits per heavy atom. The van der Waals surface area contributed by atoms with E-state index < -0.39 is 0 Å². The minimum Gasteiger partial charge on any atom is -0.309 e. The van der Waals surface area contributed by atoms with Gasteiger partial charge < -0.3 is 4.90 Å². The van der Waals surface area contributed by atoms with Crippen LogP contribution in [0.15, 0.2) is 24.3 Å².